The molecule has 0 unspecified atom stereocenters. The van der Waals surface area contributed by atoms with Crippen LogP contribution in [0.5, 0.6) is 17.2 Å². The molecular weight excluding hydrogens is 282 g/mol. The van der Waals surface area contributed by atoms with Crippen molar-refractivity contribution in [3.05, 3.63) is 58.6 Å². The van der Waals surface area contributed by atoms with Gasteiger partial charge in [0.2, 0.25) is 0 Å². The van der Waals surface area contributed by atoms with Crippen LogP contribution >= 0.6 is 11.6 Å². The Balaban J connectivity index is 2.00. The van der Waals surface area contributed by atoms with Gasteiger partial charge in [0.05, 0.1) is 10.8 Å². The summed E-state index contributed by atoms with van der Waals surface area (Å²) in [6.07, 6.45) is 0. The average molecular weight is 294 g/mol. The van der Waals surface area contributed by atoms with Crippen LogP contribution in [0.1, 0.15) is 0 Å². The Morgan fingerprint density at radius 3 is 1.95 bits per heavy atom. The number of halogens is 1. The highest BCUT2D eigenvalue weighted by Gasteiger charge is 2.05. The molecule has 0 aliphatic carbocycles. The Hall–Kier alpha value is -2.27. The largest absolute Gasteiger partial charge is 0.492 e. The molecule has 0 aliphatic rings. The summed E-state index contributed by atoms with van der Waals surface area (Å²) in [4.78, 5) is 10.1. The van der Waals surface area contributed by atoms with E-state index in [1.807, 2.05) is 0 Å². The third-order valence-corrected chi connectivity index (χ3v) is 2.61. The number of nitro groups is 1. The van der Waals surface area contributed by atoms with Crippen molar-refractivity contribution >= 4 is 17.3 Å². The molecule has 0 heterocycles. The van der Waals surface area contributed by atoms with Gasteiger partial charge in [-0.25, -0.2) is 0 Å². The lowest BCUT2D eigenvalue weighted by Crippen LogP contribution is -1.97. The first-order valence-corrected chi connectivity index (χ1v) is 6.43. The lowest BCUT2D eigenvalue weighted by molar-refractivity contribution is -0.384. The molecule has 2 aromatic rings. The molecule has 0 saturated heterocycles. The molecule has 0 bridgehead atoms. The van der Waals surface area contributed by atoms with Crippen LogP contribution in [0.4, 0.5) is 5.69 Å². The van der Waals surface area contributed by atoms with Crippen molar-refractivity contribution in [2.45, 2.75) is 0 Å². The minimum Gasteiger partial charge on any atom is -0.492 e. The standard InChI is InChI=1S/C14H12ClNO4/c15-9-10-19-12-5-7-14(8-6-12)20-13-3-1-11(2-4-13)16(17)18/h1-8H,9-10H2. The molecule has 0 spiro atoms. The van der Waals surface area contributed by atoms with Crippen LogP contribution in [-0.2, 0) is 0 Å². The SMILES string of the molecule is O=[N+]([O-])c1ccc(Oc2ccc(OCCCl)cc2)cc1. The quantitative estimate of drug-likeness (QED) is 0.459. The van der Waals surface area contributed by atoms with Gasteiger partial charge >= 0.3 is 0 Å². The molecule has 0 amide bonds. The minimum atomic E-state index is -0.452. The molecule has 0 N–H and O–H groups in total. The van der Waals surface area contributed by atoms with Gasteiger partial charge in [0.25, 0.3) is 5.69 Å². The fourth-order valence-electron chi connectivity index (χ4n) is 1.53. The molecule has 0 fully saturated rings. The van der Waals surface area contributed by atoms with Crippen LogP contribution in [0, 0.1) is 10.1 Å². The zero-order valence-electron chi connectivity index (χ0n) is 10.5. The van der Waals surface area contributed by atoms with Crippen LogP contribution < -0.4 is 9.47 Å². The summed E-state index contributed by atoms with van der Waals surface area (Å²) in [7, 11) is 0. The lowest BCUT2D eigenvalue weighted by Gasteiger charge is -2.07. The number of non-ortho nitro benzene ring substituents is 1. The topological polar surface area (TPSA) is 61.6 Å². The summed E-state index contributed by atoms with van der Waals surface area (Å²) < 4.78 is 10.9. The van der Waals surface area contributed by atoms with Gasteiger partial charge in [-0.1, -0.05) is 0 Å². The summed E-state index contributed by atoms with van der Waals surface area (Å²) >= 11 is 5.53. The van der Waals surface area contributed by atoms with E-state index in [0.29, 0.717) is 29.7 Å². The van der Waals surface area contributed by atoms with Gasteiger partial charge in [-0.3, -0.25) is 10.1 Å². The summed E-state index contributed by atoms with van der Waals surface area (Å²) in [6, 6.07) is 12.9. The summed E-state index contributed by atoms with van der Waals surface area (Å²) in [5.41, 5.74) is 0.0298. The van der Waals surface area contributed by atoms with E-state index in [0.717, 1.165) is 0 Å². The predicted octanol–water partition coefficient (Wildman–Crippen LogP) is 4.00. The van der Waals surface area contributed by atoms with E-state index < -0.39 is 4.92 Å². The van der Waals surface area contributed by atoms with Crippen molar-refractivity contribution in [1.29, 1.82) is 0 Å². The van der Waals surface area contributed by atoms with Crippen LogP contribution in [0.15, 0.2) is 48.5 Å². The number of nitrogens with zero attached hydrogens (tertiary/aromatic N) is 1. The van der Waals surface area contributed by atoms with Gasteiger partial charge in [-0.2, -0.15) is 0 Å². The minimum absolute atomic E-state index is 0.0298. The Morgan fingerprint density at radius 1 is 0.950 bits per heavy atom. The van der Waals surface area contributed by atoms with Crippen molar-refractivity contribution in [1.82, 2.24) is 0 Å². The van der Waals surface area contributed by atoms with Gasteiger partial charge < -0.3 is 9.47 Å². The third kappa shape index (κ3) is 3.86. The number of alkyl halides is 1. The first-order chi connectivity index (χ1) is 9.69. The smallest absolute Gasteiger partial charge is 0.269 e. The third-order valence-electron chi connectivity index (χ3n) is 2.45. The monoisotopic (exact) mass is 293 g/mol. The molecule has 20 heavy (non-hydrogen) atoms. The second-order valence-corrected chi connectivity index (χ2v) is 4.24. The van der Waals surface area contributed by atoms with Gasteiger partial charge in [0.15, 0.2) is 0 Å². The highest BCUT2D eigenvalue weighted by Crippen LogP contribution is 2.25. The summed E-state index contributed by atoms with van der Waals surface area (Å²) in [6.45, 7) is 0.449. The zero-order valence-corrected chi connectivity index (χ0v) is 11.2. The van der Waals surface area contributed by atoms with E-state index in [1.54, 1.807) is 36.4 Å². The zero-order chi connectivity index (χ0) is 14.4. The van der Waals surface area contributed by atoms with Gasteiger partial charge in [-0.05, 0) is 36.4 Å². The number of ether oxygens (including phenoxy) is 2. The normalized spacial score (nSPS) is 10.1. The first kappa shape index (κ1) is 14.1. The van der Waals surface area contributed by atoms with Crippen LogP contribution in [-0.4, -0.2) is 17.4 Å². The van der Waals surface area contributed by atoms with E-state index in [1.165, 1.54) is 12.1 Å². The molecule has 2 aromatic carbocycles. The molecule has 104 valence electrons. The van der Waals surface area contributed by atoms with Crippen LogP contribution in [0.3, 0.4) is 0 Å². The van der Waals surface area contributed by atoms with Crippen molar-refractivity contribution in [3.63, 3.8) is 0 Å². The fourth-order valence-corrected chi connectivity index (χ4v) is 1.61. The van der Waals surface area contributed by atoms with E-state index >= 15 is 0 Å². The van der Waals surface area contributed by atoms with Gasteiger partial charge in [0, 0.05) is 12.1 Å². The molecule has 0 atom stereocenters. The van der Waals surface area contributed by atoms with E-state index in [-0.39, 0.29) is 5.69 Å². The second kappa shape index (κ2) is 6.77. The second-order valence-electron chi connectivity index (χ2n) is 3.86. The first-order valence-electron chi connectivity index (χ1n) is 5.90. The molecule has 2 rings (SSSR count). The highest BCUT2D eigenvalue weighted by atomic mass is 35.5. The molecule has 5 nitrogen and oxygen atoms in total. The molecular formula is C14H12ClNO4. The maximum absolute atomic E-state index is 10.5. The summed E-state index contributed by atoms with van der Waals surface area (Å²) in [5.74, 6) is 2.30. The Kier molecular flexibility index (Phi) is 4.79. The average Bonchev–Trinajstić information content (AvgIpc) is 2.47. The van der Waals surface area contributed by atoms with Crippen LogP contribution in [0.2, 0.25) is 0 Å². The van der Waals surface area contributed by atoms with Crippen molar-refractivity contribution < 1.29 is 14.4 Å². The Labute approximate surface area is 120 Å². The number of hydrogen-bond acceptors (Lipinski definition) is 4. The van der Waals surface area contributed by atoms with Crippen molar-refractivity contribution in [2.24, 2.45) is 0 Å². The predicted molar refractivity (Wildman–Crippen MR) is 75.8 cm³/mol. The molecule has 0 radical (unpaired) electrons. The number of rotatable bonds is 6. The van der Waals surface area contributed by atoms with Gasteiger partial charge in [-0.15, -0.1) is 11.6 Å². The maximum Gasteiger partial charge on any atom is 0.269 e. The maximum atomic E-state index is 10.5. The number of nitro benzene ring substituents is 1. The molecule has 0 aromatic heterocycles. The molecule has 6 heteroatoms. The van der Waals surface area contributed by atoms with Crippen LogP contribution in [0.25, 0.3) is 0 Å². The molecule has 0 aliphatic heterocycles. The Bertz CT molecular complexity index is 569. The van der Waals surface area contributed by atoms with Crippen molar-refractivity contribution in [2.75, 3.05) is 12.5 Å². The fraction of sp³-hybridized carbons (Fsp3) is 0.143. The Morgan fingerprint density at radius 2 is 1.45 bits per heavy atom. The highest BCUT2D eigenvalue weighted by molar-refractivity contribution is 6.18. The lowest BCUT2D eigenvalue weighted by atomic mass is 10.3. The number of benzene rings is 2. The van der Waals surface area contributed by atoms with E-state index in [4.69, 9.17) is 21.1 Å². The van der Waals surface area contributed by atoms with Crippen molar-refractivity contribution in [3.8, 4) is 17.2 Å². The number of hydrogen-bond donors (Lipinski definition) is 0. The van der Waals surface area contributed by atoms with E-state index in [2.05, 4.69) is 0 Å². The summed E-state index contributed by atoms with van der Waals surface area (Å²) in [5, 5.41) is 10.5. The van der Waals surface area contributed by atoms with Gasteiger partial charge in [0.1, 0.15) is 23.9 Å². The van der Waals surface area contributed by atoms with E-state index in [9.17, 15) is 10.1 Å². The molecule has 0 saturated carbocycles.